The Bertz CT molecular complexity index is 1150. The number of ether oxygens (including phenoxy) is 1. The Kier molecular flexibility index (Phi) is 5.85. The second-order valence-electron chi connectivity index (χ2n) is 7.47. The molecular weight excluding hydrogens is 390 g/mol. The lowest BCUT2D eigenvalue weighted by Crippen LogP contribution is -2.27. The highest BCUT2D eigenvalue weighted by molar-refractivity contribution is 6.04. The van der Waals surface area contributed by atoms with E-state index in [4.69, 9.17) is 4.74 Å². The smallest absolute Gasteiger partial charge is 0.231 e. The Labute approximate surface area is 181 Å². The van der Waals surface area contributed by atoms with Crippen LogP contribution in [0.3, 0.4) is 0 Å². The highest BCUT2D eigenvalue weighted by atomic mass is 16.5. The summed E-state index contributed by atoms with van der Waals surface area (Å²) in [6.07, 6.45) is 3.71. The molecule has 0 unspecified atom stereocenters. The molecule has 5 heteroatoms. The minimum Gasteiger partial charge on any atom is -0.504 e. The van der Waals surface area contributed by atoms with Crippen LogP contribution < -0.4 is 9.64 Å². The number of carbonyl (C=O) groups excluding carboxylic acids is 2. The topological polar surface area (TPSA) is 66.8 Å². The maximum Gasteiger partial charge on any atom is 0.231 e. The summed E-state index contributed by atoms with van der Waals surface area (Å²) >= 11 is 0. The molecule has 1 heterocycles. The average molecular weight is 413 g/mol. The molecule has 1 aliphatic heterocycles. The van der Waals surface area contributed by atoms with Gasteiger partial charge >= 0.3 is 0 Å². The highest BCUT2D eigenvalue weighted by Crippen LogP contribution is 2.34. The molecule has 0 fully saturated rings. The number of para-hydroxylation sites is 1. The Morgan fingerprint density at radius 1 is 1.10 bits per heavy atom. The Balaban J connectivity index is 1.53. The molecular formula is C26H23NO4. The van der Waals surface area contributed by atoms with Crippen molar-refractivity contribution in [3.05, 3.63) is 95.1 Å². The van der Waals surface area contributed by atoms with Crippen molar-refractivity contribution < 1.29 is 19.4 Å². The number of ketones is 1. The molecule has 0 spiro atoms. The highest BCUT2D eigenvalue weighted by Gasteiger charge is 2.29. The van der Waals surface area contributed by atoms with E-state index in [1.807, 2.05) is 48.5 Å². The number of hydrogen-bond acceptors (Lipinski definition) is 4. The minimum atomic E-state index is -0.0808. The summed E-state index contributed by atoms with van der Waals surface area (Å²) in [5.41, 5.74) is 4.39. The van der Waals surface area contributed by atoms with Gasteiger partial charge in [-0.1, -0.05) is 60.7 Å². The van der Waals surface area contributed by atoms with Crippen LogP contribution in [-0.2, 0) is 29.0 Å². The minimum absolute atomic E-state index is 0.0213. The van der Waals surface area contributed by atoms with Crippen molar-refractivity contribution in [2.24, 2.45) is 0 Å². The van der Waals surface area contributed by atoms with Crippen LogP contribution in [0.2, 0.25) is 0 Å². The molecule has 1 amide bonds. The molecule has 156 valence electrons. The van der Waals surface area contributed by atoms with Crippen molar-refractivity contribution in [2.75, 3.05) is 12.0 Å². The van der Waals surface area contributed by atoms with E-state index >= 15 is 0 Å². The first kappa shape index (κ1) is 20.4. The van der Waals surface area contributed by atoms with Gasteiger partial charge < -0.3 is 14.7 Å². The summed E-state index contributed by atoms with van der Waals surface area (Å²) in [6.45, 7) is 0.485. The number of fused-ring (bicyclic) bond motifs is 1. The Morgan fingerprint density at radius 3 is 2.65 bits per heavy atom. The standard InChI is InChI=1S/C26H23NO4/c1-31-24-13-11-18(14-23(24)29)10-12-22(28)15-20-8-5-9-21-16-25(30)27(26(20)21)17-19-6-3-2-4-7-19/h2-14,29H,15-17H2,1H3/b12-10+. The lowest BCUT2D eigenvalue weighted by atomic mass is 10.0. The molecule has 0 bridgehead atoms. The van der Waals surface area contributed by atoms with Crippen molar-refractivity contribution in [3.63, 3.8) is 0 Å². The lowest BCUT2D eigenvalue weighted by molar-refractivity contribution is -0.117. The molecule has 0 saturated heterocycles. The summed E-state index contributed by atoms with van der Waals surface area (Å²) in [5.74, 6) is 0.366. The van der Waals surface area contributed by atoms with E-state index in [-0.39, 0.29) is 23.9 Å². The third kappa shape index (κ3) is 4.51. The number of rotatable bonds is 7. The number of aromatic hydroxyl groups is 1. The molecule has 0 radical (unpaired) electrons. The average Bonchev–Trinajstić information content (AvgIpc) is 3.09. The second kappa shape index (κ2) is 8.88. The molecule has 3 aromatic carbocycles. The van der Waals surface area contributed by atoms with Gasteiger partial charge in [-0.05, 0) is 40.5 Å². The number of methoxy groups -OCH3 is 1. The predicted molar refractivity (Wildman–Crippen MR) is 120 cm³/mol. The van der Waals surface area contributed by atoms with Gasteiger partial charge in [0.15, 0.2) is 17.3 Å². The summed E-state index contributed by atoms with van der Waals surface area (Å²) in [7, 11) is 1.48. The van der Waals surface area contributed by atoms with Gasteiger partial charge in [-0.3, -0.25) is 9.59 Å². The number of nitrogens with zero attached hydrogens (tertiary/aromatic N) is 1. The lowest BCUT2D eigenvalue weighted by Gasteiger charge is -2.20. The van der Waals surface area contributed by atoms with Crippen LogP contribution in [0, 0.1) is 0 Å². The van der Waals surface area contributed by atoms with Crippen LogP contribution in [0.25, 0.3) is 6.08 Å². The zero-order valence-corrected chi connectivity index (χ0v) is 17.2. The number of allylic oxidation sites excluding steroid dienone is 1. The third-order valence-electron chi connectivity index (χ3n) is 5.33. The van der Waals surface area contributed by atoms with E-state index < -0.39 is 0 Å². The fourth-order valence-corrected chi connectivity index (χ4v) is 3.84. The molecule has 0 aromatic heterocycles. The van der Waals surface area contributed by atoms with Crippen molar-refractivity contribution in [1.29, 1.82) is 0 Å². The van der Waals surface area contributed by atoms with Gasteiger partial charge in [0.05, 0.1) is 25.8 Å². The summed E-state index contributed by atoms with van der Waals surface area (Å²) in [6, 6.07) is 20.5. The zero-order valence-electron chi connectivity index (χ0n) is 17.2. The molecule has 31 heavy (non-hydrogen) atoms. The van der Waals surface area contributed by atoms with Crippen molar-refractivity contribution in [2.45, 2.75) is 19.4 Å². The van der Waals surface area contributed by atoms with Crippen molar-refractivity contribution in [1.82, 2.24) is 0 Å². The van der Waals surface area contributed by atoms with Crippen LogP contribution in [0.5, 0.6) is 11.5 Å². The predicted octanol–water partition coefficient (Wildman–Crippen LogP) is 4.32. The second-order valence-corrected chi connectivity index (χ2v) is 7.47. The van der Waals surface area contributed by atoms with Gasteiger partial charge in [-0.25, -0.2) is 0 Å². The first-order valence-corrected chi connectivity index (χ1v) is 10.1. The molecule has 4 rings (SSSR count). The Morgan fingerprint density at radius 2 is 1.90 bits per heavy atom. The Hall–Kier alpha value is -3.86. The van der Waals surface area contributed by atoms with E-state index in [0.717, 1.165) is 22.4 Å². The number of benzene rings is 3. The summed E-state index contributed by atoms with van der Waals surface area (Å²) in [5, 5.41) is 9.89. The molecule has 1 aliphatic rings. The quantitative estimate of drug-likeness (QED) is 0.586. The molecule has 0 saturated carbocycles. The van der Waals surface area contributed by atoms with Gasteiger partial charge in [0, 0.05) is 6.42 Å². The van der Waals surface area contributed by atoms with Gasteiger partial charge in [0.25, 0.3) is 0 Å². The molecule has 1 N–H and O–H groups in total. The number of amides is 1. The normalized spacial score (nSPS) is 12.9. The van der Waals surface area contributed by atoms with Crippen LogP contribution in [0.15, 0.2) is 72.8 Å². The SMILES string of the molecule is COc1ccc(/C=C/C(=O)Cc2cccc3c2N(Cc2ccccc2)C(=O)C3)cc1O. The fourth-order valence-electron chi connectivity index (χ4n) is 3.84. The van der Waals surface area contributed by atoms with Gasteiger partial charge in [0.1, 0.15) is 0 Å². The third-order valence-corrected chi connectivity index (χ3v) is 5.33. The monoisotopic (exact) mass is 413 g/mol. The molecule has 0 aliphatic carbocycles. The van der Waals surface area contributed by atoms with Gasteiger partial charge in [0.2, 0.25) is 5.91 Å². The summed E-state index contributed by atoms with van der Waals surface area (Å²) < 4.78 is 5.04. The van der Waals surface area contributed by atoms with Crippen LogP contribution >= 0.6 is 0 Å². The van der Waals surface area contributed by atoms with Gasteiger partial charge in [-0.15, -0.1) is 0 Å². The van der Waals surface area contributed by atoms with E-state index in [9.17, 15) is 14.7 Å². The van der Waals surface area contributed by atoms with E-state index in [2.05, 4.69) is 0 Å². The molecule has 5 nitrogen and oxygen atoms in total. The number of carbonyl (C=O) groups is 2. The maximum absolute atomic E-state index is 12.7. The fraction of sp³-hybridized carbons (Fsp3) is 0.154. The van der Waals surface area contributed by atoms with E-state index in [1.54, 1.807) is 29.2 Å². The van der Waals surface area contributed by atoms with Crippen LogP contribution in [0.1, 0.15) is 22.3 Å². The first-order chi connectivity index (χ1) is 15.0. The number of anilines is 1. The maximum atomic E-state index is 12.7. The number of hydrogen-bond donors (Lipinski definition) is 1. The van der Waals surface area contributed by atoms with E-state index in [0.29, 0.717) is 24.3 Å². The largest absolute Gasteiger partial charge is 0.504 e. The van der Waals surface area contributed by atoms with Gasteiger partial charge in [-0.2, -0.15) is 0 Å². The molecule has 3 aromatic rings. The van der Waals surface area contributed by atoms with Crippen LogP contribution in [-0.4, -0.2) is 23.9 Å². The van der Waals surface area contributed by atoms with Crippen LogP contribution in [0.4, 0.5) is 5.69 Å². The van der Waals surface area contributed by atoms with E-state index in [1.165, 1.54) is 13.2 Å². The first-order valence-electron chi connectivity index (χ1n) is 10.1. The zero-order chi connectivity index (χ0) is 21.8. The number of phenols is 1. The van der Waals surface area contributed by atoms with Crippen molar-refractivity contribution in [3.8, 4) is 11.5 Å². The summed E-state index contributed by atoms with van der Waals surface area (Å²) in [4.78, 5) is 27.1. The molecule has 0 atom stereocenters. The van der Waals surface area contributed by atoms with Crippen molar-refractivity contribution >= 4 is 23.5 Å². The number of phenolic OH excluding ortho intramolecular Hbond substituents is 1.